The summed E-state index contributed by atoms with van der Waals surface area (Å²) in [6.07, 6.45) is 0.637. The molecule has 11 heteroatoms. The van der Waals surface area contributed by atoms with Crippen molar-refractivity contribution in [3.05, 3.63) is 32.6 Å². The second kappa shape index (κ2) is 10.4. The summed E-state index contributed by atoms with van der Waals surface area (Å²) in [7, 11) is 1.24. The van der Waals surface area contributed by atoms with Crippen molar-refractivity contribution in [3.63, 3.8) is 0 Å². The summed E-state index contributed by atoms with van der Waals surface area (Å²) in [6, 6.07) is 0. The lowest BCUT2D eigenvalue weighted by Gasteiger charge is -2.19. The van der Waals surface area contributed by atoms with E-state index >= 15 is 0 Å². The van der Waals surface area contributed by atoms with Crippen molar-refractivity contribution >= 4 is 18.0 Å². The molecule has 1 aromatic heterocycles. The second-order valence-electron chi connectivity index (χ2n) is 7.28. The molecule has 0 aliphatic carbocycles. The van der Waals surface area contributed by atoms with Gasteiger partial charge in [-0.3, -0.25) is 23.5 Å². The van der Waals surface area contributed by atoms with Crippen LogP contribution in [-0.4, -0.2) is 52.9 Å². The van der Waals surface area contributed by atoms with Gasteiger partial charge in [-0.05, 0) is 27.7 Å². The molecule has 0 unspecified atom stereocenters. The molecule has 1 aromatic rings. The molecule has 29 heavy (non-hydrogen) atoms. The fraction of sp³-hybridized carbons (Fsp3) is 0.611. The van der Waals surface area contributed by atoms with Gasteiger partial charge in [0.2, 0.25) is 5.91 Å². The normalized spacial score (nSPS) is 10.9. The van der Waals surface area contributed by atoms with E-state index in [0.29, 0.717) is 0 Å². The Morgan fingerprint density at radius 1 is 1.10 bits per heavy atom. The highest BCUT2D eigenvalue weighted by atomic mass is 16.6. The number of carbonyl (C=O) groups is 3. The number of methoxy groups -OCH3 is 1. The zero-order chi connectivity index (χ0) is 22.2. The van der Waals surface area contributed by atoms with Gasteiger partial charge in [0.1, 0.15) is 12.1 Å². The van der Waals surface area contributed by atoms with Gasteiger partial charge in [-0.15, -0.1) is 0 Å². The van der Waals surface area contributed by atoms with Crippen LogP contribution in [0.15, 0.2) is 15.8 Å². The lowest BCUT2D eigenvalue weighted by molar-refractivity contribution is -0.140. The molecule has 0 saturated carbocycles. The Labute approximate surface area is 168 Å². The van der Waals surface area contributed by atoms with Gasteiger partial charge in [-0.25, -0.2) is 9.59 Å². The van der Waals surface area contributed by atoms with Crippen LogP contribution in [0.2, 0.25) is 0 Å². The molecule has 0 fully saturated rings. The Morgan fingerprint density at radius 2 is 1.76 bits per heavy atom. The fourth-order valence-corrected chi connectivity index (χ4v) is 2.31. The quantitative estimate of drug-likeness (QED) is 0.550. The molecular formula is C18H28N4O7. The van der Waals surface area contributed by atoms with Crippen molar-refractivity contribution in [2.24, 2.45) is 0 Å². The first-order valence-corrected chi connectivity index (χ1v) is 9.06. The molecule has 0 spiro atoms. The Morgan fingerprint density at radius 3 is 2.34 bits per heavy atom. The highest BCUT2D eigenvalue weighted by Gasteiger charge is 2.16. The fourth-order valence-electron chi connectivity index (χ4n) is 2.31. The highest BCUT2D eigenvalue weighted by molar-refractivity contribution is 5.76. The molecule has 0 bridgehead atoms. The van der Waals surface area contributed by atoms with Gasteiger partial charge in [0.15, 0.2) is 0 Å². The molecule has 1 heterocycles. The maximum Gasteiger partial charge on any atom is 0.407 e. The van der Waals surface area contributed by atoms with Gasteiger partial charge >= 0.3 is 17.8 Å². The van der Waals surface area contributed by atoms with Crippen LogP contribution in [0.4, 0.5) is 4.79 Å². The molecule has 0 aromatic carbocycles. The molecule has 0 aliphatic heterocycles. The minimum Gasteiger partial charge on any atom is -0.469 e. The summed E-state index contributed by atoms with van der Waals surface area (Å²) in [6.45, 7) is 6.33. The third-order valence-electron chi connectivity index (χ3n) is 3.61. The Hall–Kier alpha value is -3.11. The molecule has 0 radical (unpaired) electrons. The van der Waals surface area contributed by atoms with E-state index in [4.69, 9.17) is 4.74 Å². The van der Waals surface area contributed by atoms with Crippen molar-refractivity contribution < 1.29 is 23.9 Å². The van der Waals surface area contributed by atoms with E-state index in [1.54, 1.807) is 20.8 Å². The first kappa shape index (κ1) is 23.9. The zero-order valence-corrected chi connectivity index (χ0v) is 17.4. The van der Waals surface area contributed by atoms with Gasteiger partial charge < -0.3 is 20.1 Å². The van der Waals surface area contributed by atoms with Crippen LogP contribution in [0.25, 0.3) is 0 Å². The average molecular weight is 412 g/mol. The molecule has 2 N–H and O–H groups in total. The van der Waals surface area contributed by atoms with E-state index in [2.05, 4.69) is 15.4 Å². The lowest BCUT2D eigenvalue weighted by atomic mass is 10.2. The number of amides is 2. The number of carbonyl (C=O) groups excluding carboxylic acids is 3. The van der Waals surface area contributed by atoms with Crippen molar-refractivity contribution in [1.82, 2.24) is 19.8 Å². The lowest BCUT2D eigenvalue weighted by Crippen LogP contribution is -2.45. The van der Waals surface area contributed by atoms with E-state index < -0.39 is 34.8 Å². The minimum absolute atomic E-state index is 0.00115. The third-order valence-corrected chi connectivity index (χ3v) is 3.61. The number of aromatic nitrogens is 2. The summed E-state index contributed by atoms with van der Waals surface area (Å²) in [5.74, 6) is -0.961. The zero-order valence-electron chi connectivity index (χ0n) is 17.4. The molecule has 0 atom stereocenters. The minimum atomic E-state index is -0.685. The maximum atomic E-state index is 12.5. The number of hydrogen-bond acceptors (Lipinski definition) is 7. The summed E-state index contributed by atoms with van der Waals surface area (Å²) >= 11 is 0. The van der Waals surface area contributed by atoms with Gasteiger partial charge in [-0.1, -0.05) is 0 Å². The molecule has 11 nitrogen and oxygen atoms in total. The van der Waals surface area contributed by atoms with Crippen LogP contribution in [0, 0.1) is 6.92 Å². The standard InChI is InChI=1S/C18H28N4O7/c1-12-10-21(11-13(23)19-7-6-14(24)28-5)17(27)22(15(12)25)9-8-20-16(26)29-18(2,3)4/h10H,6-9,11H2,1-5H3,(H,19,23)(H,20,26). The van der Waals surface area contributed by atoms with E-state index in [1.165, 1.54) is 20.2 Å². The largest absolute Gasteiger partial charge is 0.469 e. The van der Waals surface area contributed by atoms with Crippen LogP contribution in [0.1, 0.15) is 32.8 Å². The number of hydrogen-bond donors (Lipinski definition) is 2. The maximum absolute atomic E-state index is 12.5. The van der Waals surface area contributed by atoms with Gasteiger partial charge in [0, 0.05) is 31.4 Å². The third kappa shape index (κ3) is 8.20. The number of ether oxygens (including phenoxy) is 2. The molecule has 0 saturated heterocycles. The van der Waals surface area contributed by atoms with Crippen molar-refractivity contribution in [3.8, 4) is 0 Å². The predicted octanol–water partition coefficient (Wildman–Crippen LogP) is -0.478. The van der Waals surface area contributed by atoms with E-state index in [-0.39, 0.29) is 38.2 Å². The van der Waals surface area contributed by atoms with Crippen LogP contribution >= 0.6 is 0 Å². The number of aryl methyl sites for hydroxylation is 1. The van der Waals surface area contributed by atoms with Crippen molar-refractivity contribution in [2.45, 2.75) is 52.8 Å². The van der Waals surface area contributed by atoms with Crippen LogP contribution in [-0.2, 0) is 32.2 Å². The van der Waals surface area contributed by atoms with Crippen LogP contribution in [0.5, 0.6) is 0 Å². The van der Waals surface area contributed by atoms with Gasteiger partial charge in [-0.2, -0.15) is 0 Å². The topological polar surface area (TPSA) is 138 Å². The SMILES string of the molecule is COC(=O)CCNC(=O)Cn1cc(C)c(=O)n(CCNC(=O)OC(C)(C)C)c1=O. The second-order valence-corrected chi connectivity index (χ2v) is 7.28. The van der Waals surface area contributed by atoms with E-state index in [0.717, 1.165) is 9.13 Å². The smallest absolute Gasteiger partial charge is 0.407 e. The average Bonchev–Trinajstić information content (AvgIpc) is 2.60. The molecule has 0 aliphatic rings. The molecule has 162 valence electrons. The summed E-state index contributed by atoms with van der Waals surface area (Å²) in [5.41, 5.74) is -1.60. The number of nitrogens with one attached hydrogen (secondary N) is 2. The molecule has 2 amide bonds. The summed E-state index contributed by atoms with van der Waals surface area (Å²) in [5, 5.41) is 4.97. The number of esters is 1. The highest BCUT2D eigenvalue weighted by Crippen LogP contribution is 2.06. The number of nitrogens with zero attached hydrogens (tertiary/aromatic N) is 2. The molecule has 1 rings (SSSR count). The summed E-state index contributed by atoms with van der Waals surface area (Å²) in [4.78, 5) is 59.5. The number of rotatable bonds is 8. The predicted molar refractivity (Wildman–Crippen MR) is 104 cm³/mol. The van der Waals surface area contributed by atoms with Crippen LogP contribution < -0.4 is 21.9 Å². The van der Waals surface area contributed by atoms with E-state index in [9.17, 15) is 24.0 Å². The Balaban J connectivity index is 2.78. The Kier molecular flexibility index (Phi) is 8.61. The first-order chi connectivity index (χ1) is 13.4. The van der Waals surface area contributed by atoms with Crippen LogP contribution in [0.3, 0.4) is 0 Å². The van der Waals surface area contributed by atoms with Crippen molar-refractivity contribution in [1.29, 1.82) is 0 Å². The van der Waals surface area contributed by atoms with E-state index in [1.807, 2.05) is 0 Å². The van der Waals surface area contributed by atoms with Crippen molar-refractivity contribution in [2.75, 3.05) is 20.2 Å². The molecular weight excluding hydrogens is 384 g/mol. The van der Waals surface area contributed by atoms with Gasteiger partial charge in [0.25, 0.3) is 5.56 Å². The monoisotopic (exact) mass is 412 g/mol. The van der Waals surface area contributed by atoms with Gasteiger partial charge in [0.05, 0.1) is 13.5 Å². The summed E-state index contributed by atoms with van der Waals surface area (Å²) < 4.78 is 11.6. The Bertz CT molecular complexity index is 864. The first-order valence-electron chi connectivity index (χ1n) is 9.06. The number of alkyl carbamates (subject to hydrolysis) is 1.